The Morgan fingerprint density at radius 2 is 1.96 bits per heavy atom. The van der Waals surface area contributed by atoms with Crippen LogP contribution in [-0.4, -0.2) is 26.3 Å². The molecular formula is C21H19N3O3. The Bertz CT molecular complexity index is 981. The maximum Gasteiger partial charge on any atom is 0.247 e. The number of fused-ring (bicyclic) bond motifs is 1. The van der Waals surface area contributed by atoms with Gasteiger partial charge >= 0.3 is 0 Å². The SMILES string of the molecule is O=C1CCC(C(=O)Nc2ccccc2C(O)c2ccccn2)n2cccc21. The molecule has 6 nitrogen and oxygen atoms in total. The molecule has 2 N–H and O–H groups in total. The van der Waals surface area contributed by atoms with Crippen LogP contribution in [0, 0.1) is 0 Å². The van der Waals surface area contributed by atoms with Gasteiger partial charge in [-0.2, -0.15) is 0 Å². The smallest absolute Gasteiger partial charge is 0.247 e. The number of carbonyl (C=O) groups is 2. The first-order chi connectivity index (χ1) is 13.1. The molecule has 2 atom stereocenters. The van der Waals surface area contributed by atoms with Gasteiger partial charge < -0.3 is 15.0 Å². The molecule has 6 heteroatoms. The second-order valence-electron chi connectivity index (χ2n) is 6.51. The molecule has 0 radical (unpaired) electrons. The zero-order chi connectivity index (χ0) is 18.8. The van der Waals surface area contributed by atoms with Crippen LogP contribution in [0.1, 0.15) is 46.7 Å². The molecule has 0 fully saturated rings. The van der Waals surface area contributed by atoms with Crippen LogP contribution < -0.4 is 5.32 Å². The fraction of sp³-hybridized carbons (Fsp3) is 0.190. The molecular weight excluding hydrogens is 342 g/mol. The van der Waals surface area contributed by atoms with Gasteiger partial charge in [-0.15, -0.1) is 0 Å². The number of rotatable bonds is 4. The number of benzene rings is 1. The van der Waals surface area contributed by atoms with Crippen LogP contribution in [0.5, 0.6) is 0 Å². The highest BCUT2D eigenvalue weighted by atomic mass is 16.3. The summed E-state index contributed by atoms with van der Waals surface area (Å²) in [6.07, 6.45) is 3.23. The number of Topliss-reactive ketones (excluding diaryl/α,β-unsaturated/α-hetero) is 1. The quantitative estimate of drug-likeness (QED) is 0.748. The molecule has 0 saturated carbocycles. The first kappa shape index (κ1) is 17.2. The van der Waals surface area contributed by atoms with E-state index in [1.54, 1.807) is 71.6 Å². The summed E-state index contributed by atoms with van der Waals surface area (Å²) in [5.41, 5.74) is 2.17. The van der Waals surface area contributed by atoms with Crippen molar-refractivity contribution in [1.29, 1.82) is 0 Å². The van der Waals surface area contributed by atoms with Crippen molar-refractivity contribution in [2.75, 3.05) is 5.32 Å². The fourth-order valence-electron chi connectivity index (χ4n) is 3.46. The minimum Gasteiger partial charge on any atom is -0.382 e. The zero-order valence-electron chi connectivity index (χ0n) is 14.6. The van der Waals surface area contributed by atoms with Gasteiger partial charge in [-0.05, 0) is 36.8 Å². The van der Waals surface area contributed by atoms with Crippen LogP contribution in [0.15, 0.2) is 67.0 Å². The highest BCUT2D eigenvalue weighted by Gasteiger charge is 2.30. The number of para-hydroxylation sites is 1. The van der Waals surface area contributed by atoms with Gasteiger partial charge in [0, 0.05) is 30.1 Å². The number of anilines is 1. The summed E-state index contributed by atoms with van der Waals surface area (Å²) in [6.45, 7) is 0. The first-order valence-corrected chi connectivity index (χ1v) is 8.84. The normalized spacial score (nSPS) is 17.2. The molecule has 2 unspecified atom stereocenters. The lowest BCUT2D eigenvalue weighted by atomic mass is 10.00. The van der Waals surface area contributed by atoms with Crippen molar-refractivity contribution in [2.45, 2.75) is 25.0 Å². The summed E-state index contributed by atoms with van der Waals surface area (Å²) < 4.78 is 1.72. The summed E-state index contributed by atoms with van der Waals surface area (Å²) >= 11 is 0. The summed E-state index contributed by atoms with van der Waals surface area (Å²) in [4.78, 5) is 29.1. The number of amides is 1. The average Bonchev–Trinajstić information content (AvgIpc) is 3.19. The number of aromatic nitrogens is 2. The number of aliphatic hydroxyl groups is 1. The molecule has 2 aromatic heterocycles. The van der Waals surface area contributed by atoms with E-state index in [4.69, 9.17) is 0 Å². The molecule has 0 aliphatic carbocycles. The number of ketones is 1. The molecule has 3 heterocycles. The van der Waals surface area contributed by atoms with Gasteiger partial charge in [0.15, 0.2) is 5.78 Å². The molecule has 3 aromatic rings. The molecule has 1 aromatic carbocycles. The standard InChI is InChI=1S/C21H19N3O3/c25-19-11-10-18(24-13-5-9-17(19)24)21(27)23-15-7-2-1-6-14(15)20(26)16-8-3-4-12-22-16/h1-9,12-13,18,20,26H,10-11H2,(H,23,27). The van der Waals surface area contributed by atoms with Gasteiger partial charge in [-0.3, -0.25) is 14.6 Å². The molecule has 27 heavy (non-hydrogen) atoms. The molecule has 136 valence electrons. The van der Waals surface area contributed by atoms with E-state index in [1.807, 2.05) is 0 Å². The Balaban J connectivity index is 1.60. The predicted octanol–water partition coefficient (Wildman–Crippen LogP) is 3.12. The number of aliphatic hydroxyl groups excluding tert-OH is 1. The molecule has 1 aliphatic heterocycles. The van der Waals surface area contributed by atoms with E-state index in [2.05, 4.69) is 10.3 Å². The summed E-state index contributed by atoms with van der Waals surface area (Å²) in [7, 11) is 0. The number of hydrogen-bond acceptors (Lipinski definition) is 4. The van der Waals surface area contributed by atoms with E-state index in [9.17, 15) is 14.7 Å². The molecule has 4 rings (SSSR count). The van der Waals surface area contributed by atoms with Crippen LogP contribution >= 0.6 is 0 Å². The third-order valence-corrected chi connectivity index (χ3v) is 4.83. The van der Waals surface area contributed by atoms with Crippen molar-refractivity contribution in [3.05, 3.63) is 83.9 Å². The van der Waals surface area contributed by atoms with E-state index >= 15 is 0 Å². The van der Waals surface area contributed by atoms with Gasteiger partial charge in [-0.1, -0.05) is 24.3 Å². The fourth-order valence-corrected chi connectivity index (χ4v) is 3.46. The Labute approximate surface area is 156 Å². The number of nitrogens with zero attached hydrogens (tertiary/aromatic N) is 2. The Morgan fingerprint density at radius 1 is 1.15 bits per heavy atom. The van der Waals surface area contributed by atoms with Gasteiger partial charge in [0.25, 0.3) is 0 Å². The Kier molecular flexibility index (Phi) is 4.56. The van der Waals surface area contributed by atoms with E-state index in [0.717, 1.165) is 0 Å². The summed E-state index contributed by atoms with van der Waals surface area (Å²) in [5.74, 6) is -0.157. The van der Waals surface area contributed by atoms with Crippen molar-refractivity contribution in [3.63, 3.8) is 0 Å². The second-order valence-corrected chi connectivity index (χ2v) is 6.51. The Morgan fingerprint density at radius 3 is 2.78 bits per heavy atom. The third-order valence-electron chi connectivity index (χ3n) is 4.83. The summed E-state index contributed by atoms with van der Waals surface area (Å²) in [5, 5.41) is 13.6. The van der Waals surface area contributed by atoms with Gasteiger partial charge in [0.05, 0.1) is 11.4 Å². The number of hydrogen-bond donors (Lipinski definition) is 2. The molecule has 0 saturated heterocycles. The third kappa shape index (κ3) is 3.27. The van der Waals surface area contributed by atoms with Crippen LogP contribution in [0.2, 0.25) is 0 Å². The van der Waals surface area contributed by atoms with E-state index in [0.29, 0.717) is 35.5 Å². The van der Waals surface area contributed by atoms with E-state index in [1.165, 1.54) is 0 Å². The minimum absolute atomic E-state index is 0.0509. The van der Waals surface area contributed by atoms with Crippen LogP contribution in [0.4, 0.5) is 5.69 Å². The maximum absolute atomic E-state index is 12.9. The highest BCUT2D eigenvalue weighted by molar-refractivity contribution is 6.00. The van der Waals surface area contributed by atoms with E-state index < -0.39 is 12.1 Å². The van der Waals surface area contributed by atoms with Gasteiger partial charge in [0.2, 0.25) is 5.91 Å². The Hall–Kier alpha value is -3.25. The van der Waals surface area contributed by atoms with Gasteiger partial charge in [-0.25, -0.2) is 0 Å². The van der Waals surface area contributed by atoms with Crippen molar-refractivity contribution < 1.29 is 14.7 Å². The van der Waals surface area contributed by atoms with Crippen LogP contribution in [0.25, 0.3) is 0 Å². The molecule has 0 bridgehead atoms. The maximum atomic E-state index is 12.9. The van der Waals surface area contributed by atoms with Crippen molar-refractivity contribution in [1.82, 2.24) is 9.55 Å². The van der Waals surface area contributed by atoms with Crippen molar-refractivity contribution >= 4 is 17.4 Å². The number of carbonyl (C=O) groups excluding carboxylic acids is 2. The number of nitrogens with one attached hydrogen (secondary N) is 1. The molecule has 1 amide bonds. The predicted molar refractivity (Wildman–Crippen MR) is 100 cm³/mol. The van der Waals surface area contributed by atoms with Crippen molar-refractivity contribution in [2.24, 2.45) is 0 Å². The first-order valence-electron chi connectivity index (χ1n) is 8.84. The topological polar surface area (TPSA) is 84.2 Å². The minimum atomic E-state index is -0.947. The zero-order valence-corrected chi connectivity index (χ0v) is 14.6. The van der Waals surface area contributed by atoms with Gasteiger partial charge in [0.1, 0.15) is 12.1 Å². The molecule has 0 spiro atoms. The van der Waals surface area contributed by atoms with Crippen LogP contribution in [-0.2, 0) is 4.79 Å². The lowest BCUT2D eigenvalue weighted by molar-refractivity contribution is -0.119. The lowest BCUT2D eigenvalue weighted by Crippen LogP contribution is -2.31. The second kappa shape index (κ2) is 7.17. The monoisotopic (exact) mass is 361 g/mol. The van der Waals surface area contributed by atoms with Crippen LogP contribution in [0.3, 0.4) is 0 Å². The highest BCUT2D eigenvalue weighted by Crippen LogP contribution is 2.30. The van der Waals surface area contributed by atoms with Crippen molar-refractivity contribution in [3.8, 4) is 0 Å². The summed E-state index contributed by atoms with van der Waals surface area (Å²) in [6, 6.07) is 15.5. The largest absolute Gasteiger partial charge is 0.382 e. The lowest BCUT2D eigenvalue weighted by Gasteiger charge is -2.25. The van der Waals surface area contributed by atoms with E-state index in [-0.39, 0.29) is 11.7 Å². The average molecular weight is 361 g/mol. The number of pyridine rings is 1. The molecule has 1 aliphatic rings.